The molecule has 2 N–H and O–H groups in total. The smallest absolute Gasteiger partial charge is 0.352 e. The highest BCUT2D eigenvalue weighted by Gasteiger charge is 2.53. The lowest BCUT2D eigenvalue weighted by Gasteiger charge is -2.49. The quantitative estimate of drug-likeness (QED) is 0.522. The van der Waals surface area contributed by atoms with Gasteiger partial charge in [-0.05, 0) is 17.1 Å². The molecule has 0 spiro atoms. The Labute approximate surface area is 151 Å². The molecule has 2 rings (SSSR count). The van der Waals surface area contributed by atoms with E-state index in [1.54, 1.807) is 6.07 Å². The monoisotopic (exact) mass is 385 g/mol. The largest absolute Gasteiger partial charge is 0.477 e. The van der Waals surface area contributed by atoms with Crippen molar-refractivity contribution in [2.24, 2.45) is 0 Å². The SMILES string of the molecule is N#C/C=C\SCC(=O)NC1C(=O)N2C(C(=O)O)=C(/C=C/Cl)CS[C@@H]12. The van der Waals surface area contributed by atoms with Gasteiger partial charge in [0.2, 0.25) is 5.91 Å². The minimum Gasteiger partial charge on any atom is -0.477 e. The van der Waals surface area contributed by atoms with Crippen LogP contribution in [0, 0.1) is 11.3 Å². The van der Waals surface area contributed by atoms with E-state index < -0.39 is 23.3 Å². The molecule has 126 valence electrons. The number of hydrogen-bond acceptors (Lipinski definition) is 6. The summed E-state index contributed by atoms with van der Waals surface area (Å²) >= 11 is 8.00. The summed E-state index contributed by atoms with van der Waals surface area (Å²) in [5, 5.41) is 21.3. The van der Waals surface area contributed by atoms with E-state index in [9.17, 15) is 19.5 Å². The molecule has 1 saturated heterocycles. The first-order valence-corrected chi connectivity index (χ1v) is 9.18. The van der Waals surface area contributed by atoms with Gasteiger partial charge in [-0.15, -0.1) is 23.5 Å². The third kappa shape index (κ3) is 3.77. The zero-order valence-electron chi connectivity index (χ0n) is 12.1. The highest BCUT2D eigenvalue weighted by atomic mass is 35.5. The van der Waals surface area contributed by atoms with E-state index in [1.807, 2.05) is 0 Å². The van der Waals surface area contributed by atoms with Crippen LogP contribution in [0.2, 0.25) is 0 Å². The number of β-lactam (4-membered cyclic amide) rings is 1. The maximum Gasteiger partial charge on any atom is 0.352 e. The molecular formula is C14H12ClN3O4S2. The van der Waals surface area contributed by atoms with Gasteiger partial charge < -0.3 is 10.4 Å². The van der Waals surface area contributed by atoms with Crippen LogP contribution >= 0.6 is 35.1 Å². The van der Waals surface area contributed by atoms with E-state index >= 15 is 0 Å². The van der Waals surface area contributed by atoms with Crippen LogP contribution in [0.25, 0.3) is 0 Å². The molecule has 2 atom stereocenters. The average molecular weight is 386 g/mol. The van der Waals surface area contributed by atoms with Gasteiger partial charge in [-0.3, -0.25) is 14.5 Å². The van der Waals surface area contributed by atoms with Crippen LogP contribution in [0.1, 0.15) is 0 Å². The van der Waals surface area contributed by atoms with Crippen LogP contribution in [0.3, 0.4) is 0 Å². The Balaban J connectivity index is 2.04. The second-order valence-electron chi connectivity index (χ2n) is 4.67. The molecule has 1 unspecified atom stereocenters. The Hall–Kier alpha value is -1.89. The van der Waals surface area contributed by atoms with E-state index in [2.05, 4.69) is 5.32 Å². The molecule has 24 heavy (non-hydrogen) atoms. The summed E-state index contributed by atoms with van der Waals surface area (Å²) in [7, 11) is 0. The highest BCUT2D eigenvalue weighted by molar-refractivity contribution is 8.02. The lowest BCUT2D eigenvalue weighted by atomic mass is 10.0. The van der Waals surface area contributed by atoms with E-state index in [1.165, 1.54) is 39.8 Å². The van der Waals surface area contributed by atoms with Gasteiger partial charge in [-0.25, -0.2) is 4.79 Å². The van der Waals surface area contributed by atoms with Gasteiger partial charge in [0.1, 0.15) is 17.1 Å². The number of nitriles is 1. The van der Waals surface area contributed by atoms with Gasteiger partial charge in [0.15, 0.2) is 0 Å². The predicted octanol–water partition coefficient (Wildman–Crippen LogP) is 1.25. The molecule has 0 aromatic carbocycles. The van der Waals surface area contributed by atoms with Gasteiger partial charge in [-0.2, -0.15) is 5.26 Å². The number of carbonyl (C=O) groups excluding carboxylic acids is 2. The first-order chi connectivity index (χ1) is 11.5. The molecule has 2 amide bonds. The van der Waals surface area contributed by atoms with Crippen molar-refractivity contribution in [2.75, 3.05) is 11.5 Å². The average Bonchev–Trinajstić information content (AvgIpc) is 2.56. The summed E-state index contributed by atoms with van der Waals surface area (Å²) in [6, 6.07) is 1.05. The number of allylic oxidation sites excluding steroid dienone is 2. The van der Waals surface area contributed by atoms with Crippen molar-refractivity contribution < 1.29 is 19.5 Å². The minimum absolute atomic E-state index is 0.0706. The van der Waals surface area contributed by atoms with E-state index in [-0.39, 0.29) is 17.4 Å². The molecule has 0 radical (unpaired) electrons. The molecule has 0 aliphatic carbocycles. The molecule has 2 aliphatic heterocycles. The van der Waals surface area contributed by atoms with Crippen molar-refractivity contribution in [2.45, 2.75) is 11.4 Å². The maximum absolute atomic E-state index is 12.3. The summed E-state index contributed by atoms with van der Waals surface area (Å²) in [5.41, 5.74) is 1.56. The number of amides is 2. The Morgan fingerprint density at radius 3 is 2.96 bits per heavy atom. The first kappa shape index (κ1) is 18.4. The fourth-order valence-electron chi connectivity index (χ4n) is 2.26. The number of fused-ring (bicyclic) bond motifs is 1. The first-order valence-electron chi connectivity index (χ1n) is 6.64. The van der Waals surface area contributed by atoms with Crippen molar-refractivity contribution in [3.63, 3.8) is 0 Å². The standard InChI is InChI=1S/C14H12ClN3O4S2/c15-3-2-8-6-24-13-10(12(20)18(13)11(8)14(21)22)17-9(19)7-23-5-1-4-16/h1-3,5,10,13H,6-7H2,(H,17,19)(H,21,22)/b3-2+,5-1-/t10?,13-/m0/s1. The number of aliphatic carboxylic acids is 1. The Morgan fingerprint density at radius 1 is 1.58 bits per heavy atom. The topological polar surface area (TPSA) is 111 Å². The molecule has 7 nitrogen and oxygen atoms in total. The second kappa shape index (κ2) is 8.28. The van der Waals surface area contributed by atoms with Crippen molar-refractivity contribution in [3.05, 3.63) is 34.4 Å². The molecule has 2 heterocycles. The van der Waals surface area contributed by atoms with E-state index in [4.69, 9.17) is 16.9 Å². The zero-order valence-corrected chi connectivity index (χ0v) is 14.5. The Kier molecular flexibility index (Phi) is 6.36. The minimum atomic E-state index is -1.21. The summed E-state index contributed by atoms with van der Waals surface area (Å²) in [5.74, 6) is -1.57. The molecule has 1 fully saturated rings. The number of carboxylic acid groups (broad SMARTS) is 1. The number of thioether (sulfide) groups is 2. The number of carbonyl (C=O) groups is 3. The lowest BCUT2D eigenvalue weighted by molar-refractivity contribution is -0.150. The number of carboxylic acids is 1. The third-order valence-corrected chi connectivity index (χ3v) is 5.42. The van der Waals surface area contributed by atoms with E-state index in [0.717, 1.165) is 11.8 Å². The van der Waals surface area contributed by atoms with Crippen LogP contribution in [0.4, 0.5) is 0 Å². The molecule has 10 heteroatoms. The summed E-state index contributed by atoms with van der Waals surface area (Å²) in [6.45, 7) is 0. The molecule has 0 aromatic heterocycles. The van der Waals surface area contributed by atoms with Gasteiger partial charge in [0.05, 0.1) is 11.8 Å². The normalized spacial score (nSPS) is 23.2. The molecule has 0 bridgehead atoms. The van der Waals surface area contributed by atoms with Crippen LogP contribution in [-0.2, 0) is 14.4 Å². The van der Waals surface area contributed by atoms with E-state index in [0.29, 0.717) is 11.3 Å². The van der Waals surface area contributed by atoms with Crippen LogP contribution in [0.15, 0.2) is 34.4 Å². The zero-order chi connectivity index (χ0) is 17.7. The van der Waals surface area contributed by atoms with Crippen molar-refractivity contribution in [3.8, 4) is 6.07 Å². The Morgan fingerprint density at radius 2 is 2.33 bits per heavy atom. The van der Waals surface area contributed by atoms with Crippen LogP contribution in [-0.4, -0.2) is 50.7 Å². The number of nitrogens with one attached hydrogen (secondary N) is 1. The molecular weight excluding hydrogens is 374 g/mol. The maximum atomic E-state index is 12.3. The molecule has 0 aromatic rings. The number of rotatable bonds is 6. The summed E-state index contributed by atoms with van der Waals surface area (Å²) in [6.07, 6.45) is 2.70. The van der Waals surface area contributed by atoms with Gasteiger partial charge in [0.25, 0.3) is 5.91 Å². The predicted molar refractivity (Wildman–Crippen MR) is 91.9 cm³/mol. The number of halogens is 1. The van der Waals surface area contributed by atoms with Gasteiger partial charge in [0, 0.05) is 17.4 Å². The van der Waals surface area contributed by atoms with Gasteiger partial charge in [-0.1, -0.05) is 11.6 Å². The highest BCUT2D eigenvalue weighted by Crippen LogP contribution is 2.40. The van der Waals surface area contributed by atoms with Crippen molar-refractivity contribution in [1.29, 1.82) is 5.26 Å². The fraction of sp³-hybridized carbons (Fsp3) is 0.286. The summed E-state index contributed by atoms with van der Waals surface area (Å²) in [4.78, 5) is 36.7. The summed E-state index contributed by atoms with van der Waals surface area (Å²) < 4.78 is 0. The fourth-order valence-corrected chi connectivity index (χ4v) is 4.22. The third-order valence-electron chi connectivity index (χ3n) is 3.23. The number of nitrogens with zero attached hydrogens (tertiary/aromatic N) is 2. The second-order valence-corrected chi connectivity index (χ2v) is 6.92. The van der Waals surface area contributed by atoms with Crippen molar-refractivity contribution >= 4 is 52.9 Å². The lowest BCUT2D eigenvalue weighted by Crippen LogP contribution is -2.70. The molecule has 2 aliphatic rings. The number of hydrogen-bond donors (Lipinski definition) is 2. The molecule has 0 saturated carbocycles. The van der Waals surface area contributed by atoms with Crippen LogP contribution < -0.4 is 5.32 Å². The van der Waals surface area contributed by atoms with Gasteiger partial charge >= 0.3 is 5.97 Å². The Bertz CT molecular complexity index is 699. The van der Waals surface area contributed by atoms with Crippen LogP contribution in [0.5, 0.6) is 0 Å². The van der Waals surface area contributed by atoms with Crippen molar-refractivity contribution in [1.82, 2.24) is 10.2 Å².